The standard InChI is InChI=1S/C11H14ClF2N3/c1-11(13,14)8-3-2-4-17(6-8)10-5-9(12)15-7-16-10/h5,7-8H,2-4,6H2,1H3. The minimum atomic E-state index is -2.64. The molecule has 1 unspecified atom stereocenters. The highest BCUT2D eigenvalue weighted by molar-refractivity contribution is 6.29. The number of piperidine rings is 1. The van der Waals surface area contributed by atoms with Crippen molar-refractivity contribution in [3.8, 4) is 0 Å². The van der Waals surface area contributed by atoms with E-state index in [2.05, 4.69) is 9.97 Å². The lowest BCUT2D eigenvalue weighted by Gasteiger charge is -2.36. The Labute approximate surface area is 104 Å². The van der Waals surface area contributed by atoms with E-state index < -0.39 is 11.8 Å². The Bertz CT molecular complexity index is 395. The van der Waals surface area contributed by atoms with E-state index in [0.717, 1.165) is 19.9 Å². The third-order valence-corrected chi connectivity index (χ3v) is 3.29. The normalized spacial score (nSPS) is 21.6. The van der Waals surface area contributed by atoms with Crippen LogP contribution in [0.5, 0.6) is 0 Å². The average Bonchev–Trinajstić information content (AvgIpc) is 2.28. The van der Waals surface area contributed by atoms with E-state index in [1.54, 1.807) is 6.07 Å². The molecule has 1 saturated heterocycles. The van der Waals surface area contributed by atoms with Gasteiger partial charge >= 0.3 is 0 Å². The van der Waals surface area contributed by atoms with Gasteiger partial charge in [-0.2, -0.15) is 0 Å². The van der Waals surface area contributed by atoms with Gasteiger partial charge in [-0.05, 0) is 19.8 Å². The van der Waals surface area contributed by atoms with Crippen molar-refractivity contribution in [2.45, 2.75) is 25.7 Å². The molecular weight excluding hydrogens is 248 g/mol. The molecule has 0 N–H and O–H groups in total. The molecule has 1 aromatic heterocycles. The van der Waals surface area contributed by atoms with Crippen molar-refractivity contribution in [1.82, 2.24) is 9.97 Å². The number of nitrogens with zero attached hydrogens (tertiary/aromatic N) is 3. The van der Waals surface area contributed by atoms with Gasteiger partial charge in [0.25, 0.3) is 0 Å². The first-order valence-electron chi connectivity index (χ1n) is 5.57. The fourth-order valence-corrected chi connectivity index (χ4v) is 2.24. The molecule has 0 saturated carbocycles. The summed E-state index contributed by atoms with van der Waals surface area (Å²) < 4.78 is 26.6. The lowest BCUT2D eigenvalue weighted by Crippen LogP contribution is -2.42. The van der Waals surface area contributed by atoms with Crippen LogP contribution in [-0.4, -0.2) is 29.0 Å². The molecule has 2 rings (SSSR count). The number of hydrogen-bond acceptors (Lipinski definition) is 3. The molecule has 0 amide bonds. The van der Waals surface area contributed by atoms with E-state index in [0.29, 0.717) is 23.9 Å². The molecule has 94 valence electrons. The lowest BCUT2D eigenvalue weighted by molar-refractivity contribution is -0.0440. The second-order valence-corrected chi connectivity index (χ2v) is 4.83. The van der Waals surface area contributed by atoms with Crippen molar-refractivity contribution >= 4 is 17.4 Å². The molecule has 1 aliphatic heterocycles. The van der Waals surface area contributed by atoms with Crippen molar-refractivity contribution in [3.63, 3.8) is 0 Å². The van der Waals surface area contributed by atoms with Crippen molar-refractivity contribution in [2.24, 2.45) is 5.92 Å². The minimum absolute atomic E-state index is 0.316. The van der Waals surface area contributed by atoms with E-state index in [-0.39, 0.29) is 0 Å². The minimum Gasteiger partial charge on any atom is -0.356 e. The van der Waals surface area contributed by atoms with Crippen LogP contribution in [-0.2, 0) is 0 Å². The summed E-state index contributed by atoms with van der Waals surface area (Å²) in [5.41, 5.74) is 0. The zero-order chi connectivity index (χ0) is 12.5. The van der Waals surface area contributed by atoms with Gasteiger partial charge in [0, 0.05) is 25.1 Å². The van der Waals surface area contributed by atoms with Gasteiger partial charge in [-0.1, -0.05) is 11.6 Å². The molecule has 17 heavy (non-hydrogen) atoms. The fraction of sp³-hybridized carbons (Fsp3) is 0.636. The predicted octanol–water partition coefficient (Wildman–Crippen LogP) is 3.00. The van der Waals surface area contributed by atoms with Crippen LogP contribution in [0, 0.1) is 5.92 Å². The first kappa shape index (κ1) is 12.5. The highest BCUT2D eigenvalue weighted by atomic mass is 35.5. The summed E-state index contributed by atoms with van der Waals surface area (Å²) in [7, 11) is 0. The second kappa shape index (κ2) is 4.72. The summed E-state index contributed by atoms with van der Waals surface area (Å²) in [4.78, 5) is 9.69. The third kappa shape index (κ3) is 3.03. The third-order valence-electron chi connectivity index (χ3n) is 3.08. The maximum atomic E-state index is 13.3. The maximum Gasteiger partial charge on any atom is 0.249 e. The van der Waals surface area contributed by atoms with Crippen LogP contribution in [0.1, 0.15) is 19.8 Å². The van der Waals surface area contributed by atoms with Crippen molar-refractivity contribution in [3.05, 3.63) is 17.5 Å². The van der Waals surface area contributed by atoms with E-state index in [1.807, 2.05) is 4.90 Å². The van der Waals surface area contributed by atoms with Crippen LogP contribution in [0.3, 0.4) is 0 Å². The number of halogens is 3. The SMILES string of the molecule is CC(F)(F)C1CCCN(c2cc(Cl)ncn2)C1. The average molecular weight is 262 g/mol. The lowest BCUT2D eigenvalue weighted by atomic mass is 9.92. The van der Waals surface area contributed by atoms with Crippen LogP contribution >= 0.6 is 11.6 Å². The molecule has 2 heterocycles. The molecule has 1 fully saturated rings. The summed E-state index contributed by atoms with van der Waals surface area (Å²) in [6.07, 6.45) is 2.65. The van der Waals surface area contributed by atoms with E-state index in [9.17, 15) is 8.78 Å². The Morgan fingerprint density at radius 1 is 1.47 bits per heavy atom. The van der Waals surface area contributed by atoms with Crippen LogP contribution in [0.4, 0.5) is 14.6 Å². The number of aromatic nitrogens is 2. The fourth-order valence-electron chi connectivity index (χ4n) is 2.10. The van der Waals surface area contributed by atoms with Crippen molar-refractivity contribution in [2.75, 3.05) is 18.0 Å². The smallest absolute Gasteiger partial charge is 0.249 e. The summed E-state index contributed by atoms with van der Waals surface area (Å²) in [5.74, 6) is -2.64. The van der Waals surface area contributed by atoms with Crippen LogP contribution in [0.2, 0.25) is 5.15 Å². The molecular formula is C11H14ClF2N3. The second-order valence-electron chi connectivity index (χ2n) is 4.44. The van der Waals surface area contributed by atoms with Crippen LogP contribution < -0.4 is 4.90 Å². The van der Waals surface area contributed by atoms with Gasteiger partial charge in [-0.15, -0.1) is 0 Å². The molecule has 0 aromatic carbocycles. The Balaban J connectivity index is 2.12. The number of anilines is 1. The summed E-state index contributed by atoms with van der Waals surface area (Å²) in [6.45, 7) is 2.03. The summed E-state index contributed by atoms with van der Waals surface area (Å²) in [5, 5.41) is 0.334. The quantitative estimate of drug-likeness (QED) is 0.767. The first-order valence-corrected chi connectivity index (χ1v) is 5.95. The molecule has 0 bridgehead atoms. The van der Waals surface area contributed by atoms with Gasteiger partial charge < -0.3 is 4.90 Å². The first-order chi connectivity index (χ1) is 7.97. The van der Waals surface area contributed by atoms with E-state index >= 15 is 0 Å². The van der Waals surface area contributed by atoms with Gasteiger partial charge in [-0.3, -0.25) is 0 Å². The molecule has 1 aliphatic rings. The largest absolute Gasteiger partial charge is 0.356 e. The Kier molecular flexibility index (Phi) is 3.47. The maximum absolute atomic E-state index is 13.3. The molecule has 0 aliphatic carbocycles. The van der Waals surface area contributed by atoms with E-state index in [4.69, 9.17) is 11.6 Å². The van der Waals surface area contributed by atoms with Gasteiger partial charge in [0.15, 0.2) is 0 Å². The van der Waals surface area contributed by atoms with Crippen LogP contribution in [0.25, 0.3) is 0 Å². The van der Waals surface area contributed by atoms with E-state index in [1.165, 1.54) is 6.33 Å². The van der Waals surface area contributed by atoms with Crippen molar-refractivity contribution in [1.29, 1.82) is 0 Å². The Morgan fingerprint density at radius 2 is 2.24 bits per heavy atom. The van der Waals surface area contributed by atoms with Gasteiger partial charge in [-0.25, -0.2) is 18.7 Å². The zero-order valence-corrected chi connectivity index (χ0v) is 10.3. The zero-order valence-electron chi connectivity index (χ0n) is 9.54. The Hall–Kier alpha value is -0.970. The Morgan fingerprint density at radius 3 is 2.88 bits per heavy atom. The number of alkyl halides is 2. The van der Waals surface area contributed by atoms with Crippen molar-refractivity contribution < 1.29 is 8.78 Å². The summed E-state index contributed by atoms with van der Waals surface area (Å²) in [6, 6.07) is 1.61. The molecule has 0 spiro atoms. The highest BCUT2D eigenvalue weighted by Crippen LogP contribution is 2.33. The van der Waals surface area contributed by atoms with Crippen LogP contribution in [0.15, 0.2) is 12.4 Å². The summed E-state index contributed by atoms with van der Waals surface area (Å²) >= 11 is 5.76. The highest BCUT2D eigenvalue weighted by Gasteiger charge is 2.37. The topological polar surface area (TPSA) is 29.0 Å². The van der Waals surface area contributed by atoms with Gasteiger partial charge in [0.2, 0.25) is 5.92 Å². The predicted molar refractivity (Wildman–Crippen MR) is 62.6 cm³/mol. The monoisotopic (exact) mass is 261 g/mol. The van der Waals surface area contributed by atoms with Gasteiger partial charge in [0.1, 0.15) is 17.3 Å². The molecule has 3 nitrogen and oxygen atoms in total. The molecule has 0 radical (unpaired) electrons. The van der Waals surface area contributed by atoms with Gasteiger partial charge in [0.05, 0.1) is 0 Å². The molecule has 1 atom stereocenters. The molecule has 6 heteroatoms. The molecule has 1 aromatic rings. The number of hydrogen-bond donors (Lipinski definition) is 0. The number of rotatable bonds is 2.